The lowest BCUT2D eigenvalue weighted by atomic mass is 10.2. The molecule has 23 heavy (non-hydrogen) atoms. The Morgan fingerprint density at radius 2 is 1.83 bits per heavy atom. The lowest BCUT2D eigenvalue weighted by Gasteiger charge is -2.10. The van der Waals surface area contributed by atoms with Crippen molar-refractivity contribution in [2.45, 2.75) is 18.4 Å². The molecule has 0 radical (unpaired) electrons. The van der Waals surface area contributed by atoms with Crippen LogP contribution in [0.3, 0.4) is 0 Å². The van der Waals surface area contributed by atoms with Crippen molar-refractivity contribution in [1.29, 1.82) is 0 Å². The summed E-state index contributed by atoms with van der Waals surface area (Å²) in [7, 11) is -2.07. The van der Waals surface area contributed by atoms with Gasteiger partial charge in [0.1, 0.15) is 11.5 Å². The standard InChI is InChI=1S/C16H18ClNO4S/c1-3-22-16-9-8-14(10-15(16)17)23(19,20)18-11-12-4-6-13(21-2)7-5-12/h4-10,18H,3,11H2,1-2H3. The highest BCUT2D eigenvalue weighted by Gasteiger charge is 2.16. The number of hydrogen-bond donors (Lipinski definition) is 1. The predicted octanol–water partition coefficient (Wildman–Crippen LogP) is 3.23. The second-order valence-electron chi connectivity index (χ2n) is 4.70. The first kappa shape index (κ1) is 17.6. The molecule has 0 heterocycles. The quantitative estimate of drug-likeness (QED) is 0.828. The molecule has 0 amide bonds. The largest absolute Gasteiger partial charge is 0.497 e. The van der Waals surface area contributed by atoms with E-state index in [-0.39, 0.29) is 16.5 Å². The zero-order chi connectivity index (χ0) is 16.9. The fourth-order valence-electron chi connectivity index (χ4n) is 1.93. The Labute approximate surface area is 141 Å². The van der Waals surface area contributed by atoms with Crippen molar-refractivity contribution in [3.63, 3.8) is 0 Å². The Balaban J connectivity index is 2.10. The van der Waals surface area contributed by atoms with E-state index >= 15 is 0 Å². The summed E-state index contributed by atoms with van der Waals surface area (Å²) in [5.41, 5.74) is 0.825. The van der Waals surface area contributed by atoms with Crippen LogP contribution >= 0.6 is 11.6 Å². The zero-order valence-electron chi connectivity index (χ0n) is 12.9. The fraction of sp³-hybridized carbons (Fsp3) is 0.250. The molecule has 0 aromatic heterocycles. The van der Waals surface area contributed by atoms with Crippen LogP contribution in [-0.2, 0) is 16.6 Å². The number of rotatable bonds is 7. The molecular weight excluding hydrogens is 338 g/mol. The minimum Gasteiger partial charge on any atom is -0.497 e. The van der Waals surface area contributed by atoms with Crippen LogP contribution in [-0.4, -0.2) is 22.1 Å². The summed E-state index contributed by atoms with van der Waals surface area (Å²) in [6.45, 7) is 2.47. The Bertz CT molecular complexity index is 760. The lowest BCUT2D eigenvalue weighted by Crippen LogP contribution is -2.23. The van der Waals surface area contributed by atoms with Gasteiger partial charge in [-0.15, -0.1) is 0 Å². The van der Waals surface area contributed by atoms with E-state index in [0.717, 1.165) is 11.3 Å². The van der Waals surface area contributed by atoms with Crippen molar-refractivity contribution in [1.82, 2.24) is 4.72 Å². The van der Waals surface area contributed by atoms with Gasteiger partial charge in [0.2, 0.25) is 10.0 Å². The maximum absolute atomic E-state index is 12.3. The fourth-order valence-corrected chi connectivity index (χ4v) is 3.27. The van der Waals surface area contributed by atoms with Gasteiger partial charge in [-0.05, 0) is 42.8 Å². The van der Waals surface area contributed by atoms with Crippen LogP contribution in [0.5, 0.6) is 11.5 Å². The van der Waals surface area contributed by atoms with E-state index in [0.29, 0.717) is 12.4 Å². The molecule has 124 valence electrons. The first-order chi connectivity index (χ1) is 11.0. The highest BCUT2D eigenvalue weighted by Crippen LogP contribution is 2.27. The average Bonchev–Trinajstić information content (AvgIpc) is 2.55. The SMILES string of the molecule is CCOc1ccc(S(=O)(=O)NCc2ccc(OC)cc2)cc1Cl. The molecule has 0 aliphatic rings. The first-order valence-corrected chi connectivity index (χ1v) is 8.87. The van der Waals surface area contributed by atoms with E-state index in [2.05, 4.69) is 4.72 Å². The van der Waals surface area contributed by atoms with Crippen molar-refractivity contribution in [2.75, 3.05) is 13.7 Å². The van der Waals surface area contributed by atoms with Crippen LogP contribution in [0.25, 0.3) is 0 Å². The highest BCUT2D eigenvalue weighted by molar-refractivity contribution is 7.89. The van der Waals surface area contributed by atoms with Crippen molar-refractivity contribution in [2.24, 2.45) is 0 Å². The van der Waals surface area contributed by atoms with E-state index in [1.165, 1.54) is 12.1 Å². The van der Waals surface area contributed by atoms with E-state index in [1.807, 2.05) is 6.92 Å². The first-order valence-electron chi connectivity index (χ1n) is 7.01. The van der Waals surface area contributed by atoms with Crippen molar-refractivity contribution in [3.8, 4) is 11.5 Å². The Kier molecular flexibility index (Phi) is 5.87. The van der Waals surface area contributed by atoms with Gasteiger partial charge in [-0.1, -0.05) is 23.7 Å². The van der Waals surface area contributed by atoms with E-state index in [9.17, 15) is 8.42 Å². The summed E-state index contributed by atoms with van der Waals surface area (Å²) in [5, 5.41) is 0.263. The molecule has 5 nitrogen and oxygen atoms in total. The van der Waals surface area contributed by atoms with Crippen LogP contribution in [0.1, 0.15) is 12.5 Å². The van der Waals surface area contributed by atoms with Gasteiger partial charge in [-0.3, -0.25) is 0 Å². The smallest absolute Gasteiger partial charge is 0.240 e. The van der Waals surface area contributed by atoms with Gasteiger partial charge in [0.25, 0.3) is 0 Å². The van der Waals surface area contributed by atoms with Crippen molar-refractivity contribution >= 4 is 21.6 Å². The predicted molar refractivity (Wildman–Crippen MR) is 89.6 cm³/mol. The number of nitrogens with one attached hydrogen (secondary N) is 1. The van der Waals surface area contributed by atoms with Crippen LogP contribution < -0.4 is 14.2 Å². The molecule has 0 saturated carbocycles. The van der Waals surface area contributed by atoms with Crippen LogP contribution in [0, 0.1) is 0 Å². The van der Waals surface area contributed by atoms with Crippen LogP contribution in [0.2, 0.25) is 5.02 Å². The third kappa shape index (κ3) is 4.60. The van der Waals surface area contributed by atoms with Crippen LogP contribution in [0.4, 0.5) is 0 Å². The molecule has 0 aliphatic carbocycles. The minimum absolute atomic E-state index is 0.0967. The normalized spacial score (nSPS) is 11.3. The Morgan fingerprint density at radius 1 is 1.13 bits per heavy atom. The zero-order valence-corrected chi connectivity index (χ0v) is 14.4. The number of halogens is 1. The second kappa shape index (κ2) is 7.68. The number of benzene rings is 2. The van der Waals surface area contributed by atoms with Crippen LogP contribution in [0.15, 0.2) is 47.4 Å². The van der Waals surface area contributed by atoms with Gasteiger partial charge in [0.05, 0.1) is 23.6 Å². The number of methoxy groups -OCH3 is 1. The summed E-state index contributed by atoms with van der Waals surface area (Å²) >= 11 is 6.03. The maximum atomic E-state index is 12.3. The van der Waals surface area contributed by atoms with E-state index in [4.69, 9.17) is 21.1 Å². The summed E-state index contributed by atoms with van der Waals surface area (Å²) < 4.78 is 37.5. The lowest BCUT2D eigenvalue weighted by molar-refractivity contribution is 0.340. The molecule has 0 unspecified atom stereocenters. The Morgan fingerprint density at radius 3 is 2.39 bits per heavy atom. The van der Waals surface area contributed by atoms with Gasteiger partial charge in [-0.25, -0.2) is 13.1 Å². The molecule has 2 rings (SSSR count). The molecule has 1 N–H and O–H groups in total. The molecule has 0 aliphatic heterocycles. The maximum Gasteiger partial charge on any atom is 0.240 e. The third-order valence-electron chi connectivity index (χ3n) is 3.14. The topological polar surface area (TPSA) is 64.6 Å². The summed E-state index contributed by atoms with van der Waals surface area (Å²) in [6, 6.07) is 11.5. The molecule has 0 saturated heterocycles. The third-order valence-corrected chi connectivity index (χ3v) is 4.83. The van der Waals surface area contributed by atoms with E-state index < -0.39 is 10.0 Å². The number of hydrogen-bond acceptors (Lipinski definition) is 4. The van der Waals surface area contributed by atoms with Gasteiger partial charge in [-0.2, -0.15) is 0 Å². The van der Waals surface area contributed by atoms with Crippen molar-refractivity contribution in [3.05, 3.63) is 53.1 Å². The summed E-state index contributed by atoms with van der Waals surface area (Å²) in [6.07, 6.45) is 0. The van der Waals surface area contributed by atoms with Crippen molar-refractivity contribution < 1.29 is 17.9 Å². The summed E-state index contributed by atoms with van der Waals surface area (Å²) in [4.78, 5) is 0.0967. The van der Waals surface area contributed by atoms with Gasteiger partial charge in [0.15, 0.2) is 0 Å². The molecular formula is C16H18ClNO4S. The Hall–Kier alpha value is -1.76. The number of ether oxygens (including phenoxy) is 2. The van der Waals surface area contributed by atoms with Gasteiger partial charge >= 0.3 is 0 Å². The monoisotopic (exact) mass is 355 g/mol. The molecule has 2 aromatic rings. The molecule has 0 bridgehead atoms. The summed E-state index contributed by atoms with van der Waals surface area (Å²) in [5.74, 6) is 1.18. The highest BCUT2D eigenvalue weighted by atomic mass is 35.5. The van der Waals surface area contributed by atoms with Gasteiger partial charge < -0.3 is 9.47 Å². The van der Waals surface area contributed by atoms with Gasteiger partial charge in [0, 0.05) is 6.54 Å². The number of sulfonamides is 1. The molecule has 0 spiro atoms. The molecule has 0 fully saturated rings. The average molecular weight is 356 g/mol. The molecule has 2 aromatic carbocycles. The minimum atomic E-state index is -3.65. The van der Waals surface area contributed by atoms with E-state index in [1.54, 1.807) is 37.4 Å². The second-order valence-corrected chi connectivity index (χ2v) is 6.87. The molecule has 7 heteroatoms. The molecule has 0 atom stereocenters.